The lowest BCUT2D eigenvalue weighted by molar-refractivity contribution is 0.166. The molecule has 1 atom stereocenters. The molecule has 1 aliphatic heterocycles. The molecule has 1 saturated heterocycles. The predicted octanol–water partition coefficient (Wildman–Crippen LogP) is 2.47. The molecule has 0 radical (unpaired) electrons. The van der Waals surface area contributed by atoms with Gasteiger partial charge in [0.25, 0.3) is 0 Å². The lowest BCUT2D eigenvalue weighted by Crippen LogP contribution is -2.14. The maximum atomic E-state index is 5.98. The maximum Gasteiger partial charge on any atom is 0.123 e. The van der Waals surface area contributed by atoms with Crippen molar-refractivity contribution in [3.05, 3.63) is 28.8 Å². The van der Waals surface area contributed by atoms with Crippen LogP contribution in [0.25, 0.3) is 0 Å². The average Bonchev–Trinajstić information content (AvgIpc) is 2.81. The van der Waals surface area contributed by atoms with Crippen LogP contribution in [0.15, 0.2) is 18.2 Å². The first-order valence-electron chi connectivity index (χ1n) is 5.93. The molecule has 0 amide bonds. The number of hydrogen-bond acceptors (Lipinski definition) is 3. The van der Waals surface area contributed by atoms with Gasteiger partial charge in [-0.3, -0.25) is 0 Å². The SMILES string of the molecule is CNCc1cc(Cl)ccc1OCC1CCOC1. The van der Waals surface area contributed by atoms with Crippen molar-refractivity contribution >= 4 is 11.6 Å². The third-order valence-corrected chi connectivity index (χ3v) is 3.12. The number of nitrogens with one attached hydrogen (secondary N) is 1. The minimum absolute atomic E-state index is 0.521. The van der Waals surface area contributed by atoms with Gasteiger partial charge in [-0.15, -0.1) is 0 Å². The Labute approximate surface area is 107 Å². The number of ether oxygens (including phenoxy) is 2. The van der Waals surface area contributed by atoms with Gasteiger partial charge in [-0.2, -0.15) is 0 Å². The largest absolute Gasteiger partial charge is 0.493 e. The molecule has 0 saturated carbocycles. The van der Waals surface area contributed by atoms with E-state index in [2.05, 4.69) is 5.32 Å². The maximum absolute atomic E-state index is 5.98. The molecular weight excluding hydrogens is 238 g/mol. The fourth-order valence-corrected chi connectivity index (χ4v) is 2.13. The molecule has 1 aromatic rings. The molecule has 0 aliphatic carbocycles. The Hall–Kier alpha value is -0.770. The Morgan fingerprint density at radius 3 is 3.12 bits per heavy atom. The zero-order chi connectivity index (χ0) is 12.1. The van der Waals surface area contributed by atoms with E-state index < -0.39 is 0 Å². The van der Waals surface area contributed by atoms with Crippen LogP contribution >= 0.6 is 11.6 Å². The van der Waals surface area contributed by atoms with E-state index in [1.165, 1.54) is 0 Å². The van der Waals surface area contributed by atoms with E-state index in [9.17, 15) is 0 Å². The Bertz CT molecular complexity index is 364. The Kier molecular flexibility index (Phi) is 4.66. The first-order valence-corrected chi connectivity index (χ1v) is 6.31. The van der Waals surface area contributed by atoms with Gasteiger partial charge >= 0.3 is 0 Å². The van der Waals surface area contributed by atoms with E-state index in [1.54, 1.807) is 0 Å². The van der Waals surface area contributed by atoms with Gasteiger partial charge in [0, 0.05) is 29.7 Å². The zero-order valence-electron chi connectivity index (χ0n) is 10.0. The van der Waals surface area contributed by atoms with Gasteiger partial charge in [0.15, 0.2) is 0 Å². The molecule has 0 aromatic heterocycles. The van der Waals surface area contributed by atoms with E-state index in [1.807, 2.05) is 25.2 Å². The number of rotatable bonds is 5. The van der Waals surface area contributed by atoms with Crippen LogP contribution < -0.4 is 10.1 Å². The third kappa shape index (κ3) is 3.60. The summed E-state index contributed by atoms with van der Waals surface area (Å²) in [5, 5.41) is 3.86. The second-order valence-corrected chi connectivity index (χ2v) is 4.76. The van der Waals surface area contributed by atoms with Crippen molar-refractivity contribution in [3.8, 4) is 5.75 Å². The van der Waals surface area contributed by atoms with Gasteiger partial charge in [0.1, 0.15) is 5.75 Å². The summed E-state index contributed by atoms with van der Waals surface area (Å²) in [5.41, 5.74) is 1.10. The minimum atomic E-state index is 0.521. The van der Waals surface area contributed by atoms with Crippen molar-refractivity contribution in [1.82, 2.24) is 5.32 Å². The van der Waals surface area contributed by atoms with Gasteiger partial charge in [-0.25, -0.2) is 0 Å². The van der Waals surface area contributed by atoms with E-state index >= 15 is 0 Å². The molecule has 1 aromatic carbocycles. The van der Waals surface area contributed by atoms with Crippen LogP contribution in [0.2, 0.25) is 5.02 Å². The molecular formula is C13H18ClNO2. The highest BCUT2D eigenvalue weighted by Gasteiger charge is 2.16. The highest BCUT2D eigenvalue weighted by Crippen LogP contribution is 2.24. The number of halogens is 1. The summed E-state index contributed by atoms with van der Waals surface area (Å²) >= 11 is 5.98. The highest BCUT2D eigenvalue weighted by atomic mass is 35.5. The van der Waals surface area contributed by atoms with Crippen molar-refractivity contribution in [2.24, 2.45) is 5.92 Å². The quantitative estimate of drug-likeness (QED) is 0.877. The number of benzene rings is 1. The lowest BCUT2D eigenvalue weighted by atomic mass is 10.1. The summed E-state index contributed by atoms with van der Waals surface area (Å²) in [6.07, 6.45) is 1.09. The Morgan fingerprint density at radius 1 is 1.53 bits per heavy atom. The molecule has 4 heteroatoms. The molecule has 1 fully saturated rings. The van der Waals surface area contributed by atoms with Crippen LogP contribution in [0.5, 0.6) is 5.75 Å². The van der Waals surface area contributed by atoms with E-state index in [4.69, 9.17) is 21.1 Å². The number of hydrogen-bond donors (Lipinski definition) is 1. The van der Waals surface area contributed by atoms with Crippen molar-refractivity contribution in [2.75, 3.05) is 26.9 Å². The van der Waals surface area contributed by atoms with Gasteiger partial charge in [-0.05, 0) is 31.7 Å². The van der Waals surface area contributed by atoms with Crippen LogP contribution in [0.3, 0.4) is 0 Å². The Morgan fingerprint density at radius 2 is 2.41 bits per heavy atom. The van der Waals surface area contributed by atoms with Crippen molar-refractivity contribution in [1.29, 1.82) is 0 Å². The normalized spacial score (nSPS) is 19.5. The smallest absolute Gasteiger partial charge is 0.123 e. The lowest BCUT2D eigenvalue weighted by Gasteiger charge is -2.14. The summed E-state index contributed by atoms with van der Waals surface area (Å²) in [6, 6.07) is 5.74. The fourth-order valence-electron chi connectivity index (χ4n) is 1.94. The molecule has 0 bridgehead atoms. The molecule has 0 spiro atoms. The predicted molar refractivity (Wildman–Crippen MR) is 68.6 cm³/mol. The van der Waals surface area contributed by atoms with Crippen molar-refractivity contribution in [2.45, 2.75) is 13.0 Å². The minimum Gasteiger partial charge on any atom is -0.493 e. The van der Waals surface area contributed by atoms with Gasteiger partial charge in [0.05, 0.1) is 13.2 Å². The van der Waals surface area contributed by atoms with Crippen molar-refractivity contribution in [3.63, 3.8) is 0 Å². The molecule has 1 heterocycles. The van der Waals surface area contributed by atoms with E-state index in [0.29, 0.717) is 5.92 Å². The van der Waals surface area contributed by atoms with Gasteiger partial charge in [-0.1, -0.05) is 11.6 Å². The topological polar surface area (TPSA) is 30.5 Å². The van der Waals surface area contributed by atoms with Crippen LogP contribution in [-0.4, -0.2) is 26.9 Å². The highest BCUT2D eigenvalue weighted by molar-refractivity contribution is 6.30. The average molecular weight is 256 g/mol. The third-order valence-electron chi connectivity index (χ3n) is 2.89. The first-order chi connectivity index (χ1) is 8.29. The second kappa shape index (κ2) is 6.24. The van der Waals surface area contributed by atoms with Crippen LogP contribution in [-0.2, 0) is 11.3 Å². The van der Waals surface area contributed by atoms with E-state index in [0.717, 1.165) is 49.1 Å². The van der Waals surface area contributed by atoms with Crippen LogP contribution in [0, 0.1) is 5.92 Å². The summed E-state index contributed by atoms with van der Waals surface area (Å²) in [5.74, 6) is 1.43. The standard InChI is InChI=1S/C13H18ClNO2/c1-15-7-11-6-12(14)2-3-13(11)17-9-10-4-5-16-8-10/h2-3,6,10,15H,4-5,7-9H2,1H3. The van der Waals surface area contributed by atoms with E-state index in [-0.39, 0.29) is 0 Å². The van der Waals surface area contributed by atoms with Crippen LogP contribution in [0.1, 0.15) is 12.0 Å². The molecule has 1 N–H and O–H groups in total. The van der Waals surface area contributed by atoms with Gasteiger partial charge in [0.2, 0.25) is 0 Å². The molecule has 2 rings (SSSR count). The molecule has 1 unspecified atom stereocenters. The summed E-state index contributed by atoms with van der Waals surface area (Å²) in [4.78, 5) is 0. The summed E-state index contributed by atoms with van der Waals surface area (Å²) in [6.45, 7) is 3.16. The molecule has 3 nitrogen and oxygen atoms in total. The molecule has 17 heavy (non-hydrogen) atoms. The Balaban J connectivity index is 1.98. The zero-order valence-corrected chi connectivity index (χ0v) is 10.8. The summed E-state index contributed by atoms with van der Waals surface area (Å²) < 4.78 is 11.2. The second-order valence-electron chi connectivity index (χ2n) is 4.32. The first kappa shape index (κ1) is 12.7. The summed E-state index contributed by atoms with van der Waals surface area (Å²) in [7, 11) is 1.91. The molecule has 1 aliphatic rings. The molecule has 94 valence electrons. The van der Waals surface area contributed by atoms with Crippen molar-refractivity contribution < 1.29 is 9.47 Å². The van der Waals surface area contributed by atoms with Crippen LogP contribution in [0.4, 0.5) is 0 Å². The monoisotopic (exact) mass is 255 g/mol. The fraction of sp³-hybridized carbons (Fsp3) is 0.538. The van der Waals surface area contributed by atoms with Gasteiger partial charge < -0.3 is 14.8 Å².